The molecule has 1 N–H and O–H groups in total. The lowest BCUT2D eigenvalue weighted by molar-refractivity contribution is -0.173. The zero-order chi connectivity index (χ0) is 11.6. The molecule has 0 bridgehead atoms. The predicted molar refractivity (Wildman–Crippen MR) is 62.4 cm³/mol. The van der Waals surface area contributed by atoms with Crippen LogP contribution in [0.4, 0.5) is 0 Å². The van der Waals surface area contributed by atoms with Crippen LogP contribution in [0.15, 0.2) is 12.2 Å². The second kappa shape index (κ2) is 4.67. The van der Waals surface area contributed by atoms with Crippen LogP contribution in [0.5, 0.6) is 0 Å². The maximum Gasteiger partial charge on any atom is 0.188 e. The molecule has 0 aromatic carbocycles. The fourth-order valence-corrected chi connectivity index (χ4v) is 2.13. The minimum Gasteiger partial charge on any atom is -0.362 e. The Balaban J connectivity index is 2.77. The van der Waals surface area contributed by atoms with Crippen molar-refractivity contribution in [3.63, 3.8) is 0 Å². The maximum atomic E-state index is 10.4. The van der Waals surface area contributed by atoms with E-state index in [0.717, 1.165) is 6.42 Å². The molecule has 1 heterocycles. The summed E-state index contributed by atoms with van der Waals surface area (Å²) in [5, 5.41) is 10.4. The van der Waals surface area contributed by atoms with Crippen molar-refractivity contribution >= 4 is 0 Å². The molecule has 0 aliphatic carbocycles. The number of ether oxygens (including phenoxy) is 1. The molecule has 15 heavy (non-hydrogen) atoms. The Morgan fingerprint density at radius 3 is 2.40 bits per heavy atom. The van der Waals surface area contributed by atoms with Gasteiger partial charge in [-0.2, -0.15) is 0 Å². The average Bonchev–Trinajstić information content (AvgIpc) is 2.41. The van der Waals surface area contributed by atoms with Crippen LogP contribution in [0.25, 0.3) is 0 Å². The normalized spacial score (nSPS) is 41.9. The Kier molecular flexibility index (Phi) is 3.96. The summed E-state index contributed by atoms with van der Waals surface area (Å²) in [5.41, 5.74) is 0. The van der Waals surface area contributed by atoms with Gasteiger partial charge in [0.05, 0.1) is 6.10 Å². The largest absolute Gasteiger partial charge is 0.362 e. The first-order valence-corrected chi connectivity index (χ1v) is 6.00. The van der Waals surface area contributed by atoms with E-state index in [2.05, 4.69) is 34.6 Å². The highest BCUT2D eigenvalue weighted by Gasteiger charge is 2.47. The van der Waals surface area contributed by atoms with Gasteiger partial charge < -0.3 is 9.84 Å². The summed E-state index contributed by atoms with van der Waals surface area (Å²) in [7, 11) is 0. The molecule has 0 amide bonds. The molecule has 2 heteroatoms. The lowest BCUT2D eigenvalue weighted by Crippen LogP contribution is -2.32. The van der Waals surface area contributed by atoms with E-state index in [0.29, 0.717) is 11.8 Å². The molecule has 1 aliphatic heterocycles. The van der Waals surface area contributed by atoms with Crippen LogP contribution in [0.3, 0.4) is 0 Å². The molecule has 0 spiro atoms. The summed E-state index contributed by atoms with van der Waals surface area (Å²) in [5.74, 6) is -0.0280. The molecule has 4 unspecified atom stereocenters. The first-order valence-electron chi connectivity index (χ1n) is 6.00. The Hall–Kier alpha value is -0.340. The van der Waals surface area contributed by atoms with Gasteiger partial charge in [0.1, 0.15) is 0 Å². The van der Waals surface area contributed by atoms with Crippen molar-refractivity contribution in [2.24, 2.45) is 17.8 Å². The van der Waals surface area contributed by atoms with Crippen LogP contribution in [-0.4, -0.2) is 17.0 Å². The van der Waals surface area contributed by atoms with Crippen molar-refractivity contribution in [2.45, 2.75) is 52.9 Å². The summed E-state index contributed by atoms with van der Waals surface area (Å²) >= 11 is 0. The molecule has 0 radical (unpaired) electrons. The SMILES string of the molecule is CCC1OC(O)(C=CC(C)C)C(C)C1C. The van der Waals surface area contributed by atoms with E-state index >= 15 is 0 Å². The molecule has 0 saturated carbocycles. The molecular weight excluding hydrogens is 188 g/mol. The summed E-state index contributed by atoms with van der Waals surface area (Å²) < 4.78 is 5.74. The number of hydrogen-bond donors (Lipinski definition) is 1. The second-order valence-electron chi connectivity index (χ2n) is 5.07. The summed E-state index contributed by atoms with van der Waals surface area (Å²) in [6.45, 7) is 10.5. The van der Waals surface area contributed by atoms with Crippen LogP contribution in [0.2, 0.25) is 0 Å². The first kappa shape index (κ1) is 12.7. The van der Waals surface area contributed by atoms with Gasteiger partial charge in [0.2, 0.25) is 0 Å². The smallest absolute Gasteiger partial charge is 0.188 e. The maximum absolute atomic E-state index is 10.4. The van der Waals surface area contributed by atoms with Crippen molar-refractivity contribution in [3.05, 3.63) is 12.2 Å². The predicted octanol–water partition coefficient (Wildman–Crippen LogP) is 2.97. The zero-order valence-corrected chi connectivity index (χ0v) is 10.5. The molecule has 4 atom stereocenters. The lowest BCUT2D eigenvalue weighted by Gasteiger charge is -2.24. The Labute approximate surface area is 93.3 Å². The highest BCUT2D eigenvalue weighted by Crippen LogP contribution is 2.40. The highest BCUT2D eigenvalue weighted by atomic mass is 16.6. The summed E-state index contributed by atoms with van der Waals surface area (Å²) in [4.78, 5) is 0. The monoisotopic (exact) mass is 212 g/mol. The number of allylic oxidation sites excluding steroid dienone is 1. The van der Waals surface area contributed by atoms with Crippen LogP contribution in [-0.2, 0) is 4.74 Å². The van der Waals surface area contributed by atoms with E-state index in [1.165, 1.54) is 0 Å². The lowest BCUT2D eigenvalue weighted by atomic mass is 9.87. The second-order valence-corrected chi connectivity index (χ2v) is 5.07. The Bertz CT molecular complexity index is 235. The quantitative estimate of drug-likeness (QED) is 0.729. The third-order valence-corrected chi connectivity index (χ3v) is 3.49. The van der Waals surface area contributed by atoms with E-state index < -0.39 is 5.79 Å². The van der Waals surface area contributed by atoms with Crippen molar-refractivity contribution in [1.82, 2.24) is 0 Å². The fourth-order valence-electron chi connectivity index (χ4n) is 2.13. The molecule has 1 fully saturated rings. The molecule has 2 nitrogen and oxygen atoms in total. The van der Waals surface area contributed by atoms with Gasteiger partial charge in [-0.15, -0.1) is 0 Å². The van der Waals surface area contributed by atoms with E-state index in [9.17, 15) is 5.11 Å². The van der Waals surface area contributed by atoms with Crippen molar-refractivity contribution in [1.29, 1.82) is 0 Å². The first-order chi connectivity index (χ1) is 6.90. The van der Waals surface area contributed by atoms with Gasteiger partial charge in [-0.05, 0) is 24.3 Å². The third kappa shape index (κ3) is 2.61. The molecule has 0 aromatic heterocycles. The van der Waals surface area contributed by atoms with E-state index in [4.69, 9.17) is 4.74 Å². The standard InChI is InChI=1S/C13H24O2/c1-6-12-10(4)11(5)13(14,15-12)8-7-9(2)3/h7-12,14H,6H2,1-5H3. The Morgan fingerprint density at radius 1 is 1.40 bits per heavy atom. The van der Waals surface area contributed by atoms with Crippen LogP contribution in [0, 0.1) is 17.8 Å². The van der Waals surface area contributed by atoms with E-state index in [1.54, 1.807) is 0 Å². The van der Waals surface area contributed by atoms with Crippen molar-refractivity contribution < 1.29 is 9.84 Å². The fraction of sp³-hybridized carbons (Fsp3) is 0.846. The minimum atomic E-state index is -1.05. The number of aliphatic hydroxyl groups is 1. The zero-order valence-electron chi connectivity index (χ0n) is 10.5. The van der Waals surface area contributed by atoms with Gasteiger partial charge in [-0.3, -0.25) is 0 Å². The third-order valence-electron chi connectivity index (χ3n) is 3.49. The van der Waals surface area contributed by atoms with Crippen LogP contribution < -0.4 is 0 Å². The van der Waals surface area contributed by atoms with Gasteiger partial charge >= 0.3 is 0 Å². The molecule has 1 saturated heterocycles. The molecule has 88 valence electrons. The van der Waals surface area contributed by atoms with Gasteiger partial charge in [-0.25, -0.2) is 0 Å². The summed E-state index contributed by atoms with van der Waals surface area (Å²) in [6, 6.07) is 0. The van der Waals surface area contributed by atoms with Crippen molar-refractivity contribution in [3.8, 4) is 0 Å². The van der Waals surface area contributed by atoms with Gasteiger partial charge in [0, 0.05) is 5.92 Å². The van der Waals surface area contributed by atoms with E-state index in [1.807, 2.05) is 12.2 Å². The molecule has 1 rings (SSSR count). The van der Waals surface area contributed by atoms with Gasteiger partial charge in [-0.1, -0.05) is 40.7 Å². The minimum absolute atomic E-state index is 0.164. The topological polar surface area (TPSA) is 29.5 Å². The molecule has 0 aromatic rings. The highest BCUT2D eigenvalue weighted by molar-refractivity contribution is 5.04. The van der Waals surface area contributed by atoms with Gasteiger partial charge in [0.15, 0.2) is 5.79 Å². The Morgan fingerprint density at radius 2 is 2.00 bits per heavy atom. The van der Waals surface area contributed by atoms with Gasteiger partial charge in [0.25, 0.3) is 0 Å². The van der Waals surface area contributed by atoms with E-state index in [-0.39, 0.29) is 12.0 Å². The molecular formula is C13H24O2. The van der Waals surface area contributed by atoms with Crippen molar-refractivity contribution in [2.75, 3.05) is 0 Å². The summed E-state index contributed by atoms with van der Waals surface area (Å²) in [6.07, 6.45) is 4.99. The average molecular weight is 212 g/mol. The van der Waals surface area contributed by atoms with Crippen LogP contribution >= 0.6 is 0 Å². The number of rotatable bonds is 3. The van der Waals surface area contributed by atoms with Crippen LogP contribution in [0.1, 0.15) is 41.0 Å². The molecule has 1 aliphatic rings. The number of hydrogen-bond acceptors (Lipinski definition) is 2.